The molecule has 0 saturated heterocycles. The number of carboxylic acid groups (broad SMARTS) is 1. The van der Waals surface area contributed by atoms with E-state index in [9.17, 15) is 14.7 Å². The highest BCUT2D eigenvalue weighted by molar-refractivity contribution is 5.95. The first-order valence-corrected chi connectivity index (χ1v) is 7.00. The lowest BCUT2D eigenvalue weighted by Crippen LogP contribution is -2.47. The summed E-state index contributed by atoms with van der Waals surface area (Å²) in [5, 5.41) is 15.9. The van der Waals surface area contributed by atoms with E-state index in [1.54, 1.807) is 13.1 Å². The number of hydrogen-bond donors (Lipinski definition) is 2. The van der Waals surface area contributed by atoms with Crippen LogP contribution in [0.3, 0.4) is 0 Å². The van der Waals surface area contributed by atoms with E-state index in [0.29, 0.717) is 11.6 Å². The van der Waals surface area contributed by atoms with Crippen LogP contribution in [-0.2, 0) is 11.8 Å². The molecule has 1 aromatic rings. The Hall–Kier alpha value is -1.85. The molecule has 1 fully saturated rings. The number of carboxylic acids is 1. The van der Waals surface area contributed by atoms with Crippen molar-refractivity contribution in [3.05, 3.63) is 18.0 Å². The summed E-state index contributed by atoms with van der Waals surface area (Å²) in [4.78, 5) is 23.5. The summed E-state index contributed by atoms with van der Waals surface area (Å²) in [7, 11) is 1.66. The molecule has 6 nitrogen and oxygen atoms in total. The second kappa shape index (κ2) is 6.07. The minimum Gasteiger partial charge on any atom is -0.480 e. The fraction of sp³-hybridized carbons (Fsp3) is 0.643. The number of amides is 1. The minimum atomic E-state index is -0.958. The van der Waals surface area contributed by atoms with Crippen molar-refractivity contribution in [2.24, 2.45) is 18.9 Å². The van der Waals surface area contributed by atoms with Gasteiger partial charge in [-0.1, -0.05) is 19.8 Å². The summed E-state index contributed by atoms with van der Waals surface area (Å²) < 4.78 is 1.44. The van der Waals surface area contributed by atoms with Crippen molar-refractivity contribution in [3.63, 3.8) is 0 Å². The van der Waals surface area contributed by atoms with Crippen molar-refractivity contribution < 1.29 is 14.7 Å². The second-order valence-corrected chi connectivity index (χ2v) is 5.65. The third kappa shape index (κ3) is 3.18. The van der Waals surface area contributed by atoms with Crippen molar-refractivity contribution >= 4 is 11.9 Å². The minimum absolute atomic E-state index is 0.0147. The van der Waals surface area contributed by atoms with Crippen LogP contribution >= 0.6 is 0 Å². The van der Waals surface area contributed by atoms with E-state index < -0.39 is 12.0 Å². The third-order valence-corrected chi connectivity index (χ3v) is 4.14. The molecular weight excluding hydrogens is 258 g/mol. The van der Waals surface area contributed by atoms with Gasteiger partial charge in [-0.15, -0.1) is 0 Å². The molecule has 1 unspecified atom stereocenters. The van der Waals surface area contributed by atoms with Gasteiger partial charge in [0.15, 0.2) is 0 Å². The van der Waals surface area contributed by atoms with Crippen LogP contribution in [0.5, 0.6) is 0 Å². The normalized spacial score (nSPS) is 24.1. The molecule has 1 heterocycles. The molecule has 2 rings (SSSR count). The van der Waals surface area contributed by atoms with Crippen LogP contribution < -0.4 is 5.32 Å². The molecule has 0 radical (unpaired) electrons. The summed E-state index contributed by atoms with van der Waals surface area (Å²) in [6, 6.07) is 0.766. The molecule has 1 saturated carbocycles. The van der Waals surface area contributed by atoms with Crippen molar-refractivity contribution in [2.45, 2.75) is 38.6 Å². The van der Waals surface area contributed by atoms with Gasteiger partial charge < -0.3 is 10.4 Å². The average Bonchev–Trinajstić information content (AvgIpc) is 2.83. The predicted molar refractivity (Wildman–Crippen MR) is 73.2 cm³/mol. The van der Waals surface area contributed by atoms with Crippen LogP contribution in [0.25, 0.3) is 0 Å². The number of carbonyl (C=O) groups is 2. The highest BCUT2D eigenvalue weighted by Crippen LogP contribution is 2.30. The molecule has 1 aliphatic carbocycles. The SMILES string of the molecule is CC1CCC(C(NC(=O)c2ccnn2C)C(=O)O)CC1. The van der Waals surface area contributed by atoms with Crippen molar-refractivity contribution in [2.75, 3.05) is 0 Å². The quantitative estimate of drug-likeness (QED) is 0.873. The monoisotopic (exact) mass is 279 g/mol. The zero-order valence-electron chi connectivity index (χ0n) is 11.9. The Morgan fingerprint density at radius 3 is 2.55 bits per heavy atom. The number of carbonyl (C=O) groups excluding carboxylic acids is 1. The fourth-order valence-corrected chi connectivity index (χ4v) is 2.81. The maximum absolute atomic E-state index is 12.1. The Balaban J connectivity index is 2.05. The number of nitrogens with one attached hydrogen (secondary N) is 1. The highest BCUT2D eigenvalue weighted by atomic mass is 16.4. The van der Waals surface area contributed by atoms with Crippen LogP contribution in [0, 0.1) is 11.8 Å². The van der Waals surface area contributed by atoms with Gasteiger partial charge in [0.25, 0.3) is 5.91 Å². The largest absolute Gasteiger partial charge is 0.480 e. The smallest absolute Gasteiger partial charge is 0.326 e. The highest BCUT2D eigenvalue weighted by Gasteiger charge is 2.32. The Morgan fingerprint density at radius 1 is 1.40 bits per heavy atom. The van der Waals surface area contributed by atoms with Gasteiger partial charge >= 0.3 is 5.97 Å². The molecule has 0 aliphatic heterocycles. The Labute approximate surface area is 118 Å². The van der Waals surface area contributed by atoms with Crippen molar-refractivity contribution in [3.8, 4) is 0 Å². The first-order valence-electron chi connectivity index (χ1n) is 7.00. The Kier molecular flexibility index (Phi) is 4.42. The van der Waals surface area contributed by atoms with Crippen LogP contribution in [0.15, 0.2) is 12.3 Å². The van der Waals surface area contributed by atoms with Gasteiger partial charge in [0, 0.05) is 13.2 Å². The molecule has 20 heavy (non-hydrogen) atoms. The van der Waals surface area contributed by atoms with E-state index in [1.807, 2.05) is 0 Å². The first-order chi connectivity index (χ1) is 9.49. The van der Waals surface area contributed by atoms with Gasteiger partial charge in [-0.25, -0.2) is 4.79 Å². The van der Waals surface area contributed by atoms with Crippen LogP contribution in [0.2, 0.25) is 0 Å². The average molecular weight is 279 g/mol. The van der Waals surface area contributed by atoms with E-state index >= 15 is 0 Å². The third-order valence-electron chi connectivity index (χ3n) is 4.14. The number of aliphatic carboxylic acids is 1. The molecule has 6 heteroatoms. The van der Waals surface area contributed by atoms with Crippen LogP contribution in [0.4, 0.5) is 0 Å². The lowest BCUT2D eigenvalue weighted by Gasteiger charge is -2.30. The molecule has 2 N–H and O–H groups in total. The van der Waals surface area contributed by atoms with Crippen LogP contribution in [-0.4, -0.2) is 32.8 Å². The first kappa shape index (κ1) is 14.6. The number of aryl methyl sites for hydroxylation is 1. The summed E-state index contributed by atoms with van der Waals surface area (Å²) in [6.07, 6.45) is 5.27. The number of nitrogens with zero attached hydrogens (tertiary/aromatic N) is 2. The van der Waals surface area contributed by atoms with E-state index in [4.69, 9.17) is 0 Å². The molecule has 1 aliphatic rings. The molecule has 1 atom stereocenters. The lowest BCUT2D eigenvalue weighted by atomic mass is 9.79. The van der Waals surface area contributed by atoms with Crippen molar-refractivity contribution in [1.82, 2.24) is 15.1 Å². The Morgan fingerprint density at radius 2 is 2.05 bits per heavy atom. The van der Waals surface area contributed by atoms with Crippen molar-refractivity contribution in [1.29, 1.82) is 0 Å². The summed E-state index contributed by atoms with van der Waals surface area (Å²) in [5.74, 6) is -0.676. The Bertz CT molecular complexity index is 490. The number of aromatic nitrogens is 2. The molecule has 0 aromatic carbocycles. The van der Waals surface area contributed by atoms with Gasteiger partial charge in [-0.05, 0) is 30.7 Å². The van der Waals surface area contributed by atoms with Gasteiger partial charge in [0.05, 0.1) is 0 Å². The summed E-state index contributed by atoms with van der Waals surface area (Å²) in [5.41, 5.74) is 0.375. The zero-order valence-corrected chi connectivity index (χ0v) is 11.9. The summed E-state index contributed by atoms with van der Waals surface area (Å²) >= 11 is 0. The lowest BCUT2D eigenvalue weighted by molar-refractivity contribution is -0.141. The second-order valence-electron chi connectivity index (χ2n) is 5.65. The standard InChI is InChI=1S/C14H21N3O3/c1-9-3-5-10(6-4-9)12(14(19)20)16-13(18)11-7-8-15-17(11)2/h7-10,12H,3-6H2,1-2H3,(H,16,18)(H,19,20). The molecule has 0 bridgehead atoms. The topological polar surface area (TPSA) is 84.2 Å². The molecular formula is C14H21N3O3. The molecule has 1 amide bonds. The van der Waals surface area contributed by atoms with E-state index in [-0.39, 0.29) is 11.8 Å². The molecule has 1 aromatic heterocycles. The number of rotatable bonds is 4. The van der Waals surface area contributed by atoms with Gasteiger partial charge in [-0.3, -0.25) is 9.48 Å². The van der Waals surface area contributed by atoms with Gasteiger partial charge in [0.2, 0.25) is 0 Å². The maximum Gasteiger partial charge on any atom is 0.326 e. The maximum atomic E-state index is 12.1. The van der Waals surface area contributed by atoms with E-state index in [0.717, 1.165) is 25.7 Å². The van der Waals surface area contributed by atoms with E-state index in [1.165, 1.54) is 10.9 Å². The predicted octanol–water partition coefficient (Wildman–Crippen LogP) is 1.43. The molecule has 110 valence electrons. The van der Waals surface area contributed by atoms with Gasteiger partial charge in [-0.2, -0.15) is 5.10 Å². The molecule has 0 spiro atoms. The number of hydrogen-bond acceptors (Lipinski definition) is 3. The fourth-order valence-electron chi connectivity index (χ4n) is 2.81. The van der Waals surface area contributed by atoms with Crippen LogP contribution in [0.1, 0.15) is 43.1 Å². The van der Waals surface area contributed by atoms with E-state index in [2.05, 4.69) is 17.3 Å². The zero-order chi connectivity index (χ0) is 14.7. The van der Waals surface area contributed by atoms with Gasteiger partial charge in [0.1, 0.15) is 11.7 Å². The summed E-state index contributed by atoms with van der Waals surface area (Å²) in [6.45, 7) is 2.18.